The van der Waals surface area contributed by atoms with Crippen LogP contribution in [0.15, 0.2) is 30.3 Å². The lowest BCUT2D eigenvalue weighted by Gasteiger charge is -2.28. The maximum absolute atomic E-state index is 12.6. The molecule has 1 aromatic heterocycles. The lowest BCUT2D eigenvalue weighted by Crippen LogP contribution is -2.46. The van der Waals surface area contributed by atoms with Crippen LogP contribution < -0.4 is 0 Å². The summed E-state index contributed by atoms with van der Waals surface area (Å²) in [6.45, 7) is 6.54. The molecule has 1 aromatic carbocycles. The average Bonchev–Trinajstić information content (AvgIpc) is 3.02. The van der Waals surface area contributed by atoms with Crippen LogP contribution in [-0.2, 0) is 4.74 Å². The zero-order valence-electron chi connectivity index (χ0n) is 12.4. The van der Waals surface area contributed by atoms with Crippen molar-refractivity contribution in [2.24, 2.45) is 0 Å². The van der Waals surface area contributed by atoms with Crippen LogP contribution >= 0.6 is 0 Å². The number of aryl methyl sites for hydroxylation is 1. The predicted octanol–water partition coefficient (Wildman–Crippen LogP) is 2.29. The summed E-state index contributed by atoms with van der Waals surface area (Å²) in [6, 6.07) is 9.42. The minimum atomic E-state index is -0.331. The molecule has 6 heteroatoms. The van der Waals surface area contributed by atoms with Crippen LogP contribution in [0.2, 0.25) is 0 Å². The third-order valence-electron chi connectivity index (χ3n) is 3.62. The van der Waals surface area contributed by atoms with Crippen molar-refractivity contribution in [1.82, 2.24) is 19.7 Å². The van der Waals surface area contributed by atoms with E-state index in [2.05, 4.69) is 10.1 Å². The standard InChI is InChI=1S/C15H18N4O2/c1-11-16-13(12-7-5-4-6-8-12)17-19(11)14(20)18-10-21-9-15(18,2)3/h4-8H,9-10H2,1-3H3. The third kappa shape index (κ3) is 2.42. The first-order chi connectivity index (χ1) is 9.99. The highest BCUT2D eigenvalue weighted by Gasteiger charge is 2.38. The minimum absolute atomic E-state index is 0.204. The molecule has 6 nitrogen and oxygen atoms in total. The molecule has 110 valence electrons. The Balaban J connectivity index is 1.93. The predicted molar refractivity (Wildman–Crippen MR) is 77.7 cm³/mol. The molecule has 0 saturated carbocycles. The quantitative estimate of drug-likeness (QED) is 0.807. The zero-order chi connectivity index (χ0) is 15.0. The number of rotatable bonds is 1. The van der Waals surface area contributed by atoms with E-state index in [-0.39, 0.29) is 18.3 Å². The first kappa shape index (κ1) is 13.8. The van der Waals surface area contributed by atoms with Crippen LogP contribution in [0.25, 0.3) is 11.4 Å². The molecule has 3 rings (SSSR count). The second kappa shape index (κ2) is 4.96. The Morgan fingerprint density at radius 1 is 1.29 bits per heavy atom. The van der Waals surface area contributed by atoms with Crippen LogP contribution in [0.4, 0.5) is 4.79 Å². The third-order valence-corrected chi connectivity index (χ3v) is 3.62. The number of ether oxygens (including phenoxy) is 1. The lowest BCUT2D eigenvalue weighted by atomic mass is 10.1. The topological polar surface area (TPSA) is 60.2 Å². The molecule has 0 aliphatic carbocycles. The van der Waals surface area contributed by atoms with E-state index in [1.807, 2.05) is 44.2 Å². The monoisotopic (exact) mass is 286 g/mol. The molecule has 2 heterocycles. The Labute approximate surface area is 123 Å². The van der Waals surface area contributed by atoms with Gasteiger partial charge in [-0.3, -0.25) is 4.90 Å². The first-order valence-corrected chi connectivity index (χ1v) is 6.88. The fraction of sp³-hybridized carbons (Fsp3) is 0.400. The van der Waals surface area contributed by atoms with Crippen LogP contribution in [0, 0.1) is 6.92 Å². The van der Waals surface area contributed by atoms with Crippen LogP contribution in [0.5, 0.6) is 0 Å². The summed E-state index contributed by atoms with van der Waals surface area (Å²) >= 11 is 0. The fourth-order valence-electron chi connectivity index (χ4n) is 2.35. The summed E-state index contributed by atoms with van der Waals surface area (Å²) in [6.07, 6.45) is 0. The largest absolute Gasteiger partial charge is 0.359 e. The normalized spacial score (nSPS) is 17.2. The van der Waals surface area contributed by atoms with Gasteiger partial charge in [-0.2, -0.15) is 4.68 Å². The van der Waals surface area contributed by atoms with Crippen LogP contribution in [0.1, 0.15) is 19.7 Å². The van der Waals surface area contributed by atoms with Crippen molar-refractivity contribution in [2.45, 2.75) is 26.3 Å². The number of hydrogen-bond donors (Lipinski definition) is 0. The van der Waals surface area contributed by atoms with E-state index < -0.39 is 0 Å². The summed E-state index contributed by atoms with van der Waals surface area (Å²) in [7, 11) is 0. The fourth-order valence-corrected chi connectivity index (χ4v) is 2.35. The Bertz CT molecular complexity index is 664. The number of aromatic nitrogens is 3. The second-order valence-electron chi connectivity index (χ2n) is 5.76. The Kier molecular flexibility index (Phi) is 3.25. The van der Waals surface area contributed by atoms with Gasteiger partial charge in [-0.25, -0.2) is 9.78 Å². The number of carbonyl (C=O) groups is 1. The number of nitrogens with zero attached hydrogens (tertiary/aromatic N) is 4. The van der Waals surface area contributed by atoms with Gasteiger partial charge in [0.1, 0.15) is 12.6 Å². The van der Waals surface area contributed by atoms with Crippen molar-refractivity contribution >= 4 is 6.03 Å². The molecule has 1 saturated heterocycles. The van der Waals surface area contributed by atoms with E-state index in [9.17, 15) is 4.79 Å². The molecule has 0 unspecified atom stereocenters. The van der Waals surface area contributed by atoms with Crippen molar-refractivity contribution in [2.75, 3.05) is 13.3 Å². The Hall–Kier alpha value is -2.21. The molecule has 0 radical (unpaired) electrons. The molecule has 0 N–H and O–H groups in total. The number of carbonyl (C=O) groups excluding carboxylic acids is 1. The zero-order valence-corrected chi connectivity index (χ0v) is 12.4. The van der Waals surface area contributed by atoms with Crippen LogP contribution in [-0.4, -0.2) is 44.6 Å². The molecule has 0 atom stereocenters. The SMILES string of the molecule is Cc1nc(-c2ccccc2)nn1C(=O)N1COCC1(C)C. The highest BCUT2D eigenvalue weighted by atomic mass is 16.5. The lowest BCUT2D eigenvalue weighted by molar-refractivity contribution is 0.138. The summed E-state index contributed by atoms with van der Waals surface area (Å²) < 4.78 is 6.74. The highest BCUT2D eigenvalue weighted by molar-refractivity contribution is 5.78. The molecule has 1 aliphatic heterocycles. The highest BCUT2D eigenvalue weighted by Crippen LogP contribution is 2.23. The van der Waals surface area contributed by atoms with Crippen molar-refractivity contribution in [1.29, 1.82) is 0 Å². The average molecular weight is 286 g/mol. The van der Waals surface area contributed by atoms with Gasteiger partial charge in [-0.15, -0.1) is 5.10 Å². The molecule has 0 bridgehead atoms. The van der Waals surface area contributed by atoms with E-state index in [0.717, 1.165) is 5.56 Å². The van der Waals surface area contributed by atoms with Gasteiger partial charge in [-0.1, -0.05) is 30.3 Å². The molecule has 21 heavy (non-hydrogen) atoms. The summed E-state index contributed by atoms with van der Waals surface area (Å²) in [5, 5.41) is 4.35. The van der Waals surface area contributed by atoms with Gasteiger partial charge in [0, 0.05) is 5.56 Å². The van der Waals surface area contributed by atoms with E-state index in [0.29, 0.717) is 18.3 Å². The molecular formula is C15H18N4O2. The maximum Gasteiger partial charge on any atom is 0.348 e. The molecule has 1 fully saturated rings. The van der Waals surface area contributed by atoms with Gasteiger partial charge in [0.2, 0.25) is 0 Å². The van der Waals surface area contributed by atoms with Gasteiger partial charge in [0.15, 0.2) is 5.82 Å². The number of benzene rings is 1. The molecule has 2 aromatic rings. The van der Waals surface area contributed by atoms with Gasteiger partial charge in [0.05, 0.1) is 12.1 Å². The van der Waals surface area contributed by atoms with E-state index in [1.165, 1.54) is 4.68 Å². The van der Waals surface area contributed by atoms with Gasteiger partial charge >= 0.3 is 6.03 Å². The van der Waals surface area contributed by atoms with Crippen molar-refractivity contribution in [3.63, 3.8) is 0 Å². The van der Waals surface area contributed by atoms with E-state index in [4.69, 9.17) is 4.74 Å². The Morgan fingerprint density at radius 2 is 2.00 bits per heavy atom. The van der Waals surface area contributed by atoms with E-state index >= 15 is 0 Å². The molecular weight excluding hydrogens is 268 g/mol. The summed E-state index contributed by atoms with van der Waals surface area (Å²) in [4.78, 5) is 18.7. The summed E-state index contributed by atoms with van der Waals surface area (Å²) in [5.41, 5.74) is 0.562. The van der Waals surface area contributed by atoms with Gasteiger partial charge < -0.3 is 4.74 Å². The smallest absolute Gasteiger partial charge is 0.348 e. The second-order valence-corrected chi connectivity index (χ2v) is 5.76. The van der Waals surface area contributed by atoms with Gasteiger partial charge in [0.25, 0.3) is 0 Å². The first-order valence-electron chi connectivity index (χ1n) is 6.88. The van der Waals surface area contributed by atoms with Crippen molar-refractivity contribution in [3.8, 4) is 11.4 Å². The van der Waals surface area contributed by atoms with Crippen LogP contribution in [0.3, 0.4) is 0 Å². The Morgan fingerprint density at radius 3 is 2.62 bits per heavy atom. The molecule has 1 amide bonds. The number of hydrogen-bond acceptors (Lipinski definition) is 4. The number of amides is 1. The summed E-state index contributed by atoms with van der Waals surface area (Å²) in [5.74, 6) is 1.13. The minimum Gasteiger partial charge on any atom is -0.359 e. The maximum atomic E-state index is 12.6. The van der Waals surface area contributed by atoms with Crippen molar-refractivity contribution < 1.29 is 9.53 Å². The van der Waals surface area contributed by atoms with Gasteiger partial charge in [-0.05, 0) is 20.8 Å². The van der Waals surface area contributed by atoms with E-state index in [1.54, 1.807) is 11.8 Å². The molecule has 1 aliphatic rings. The van der Waals surface area contributed by atoms with Crippen molar-refractivity contribution in [3.05, 3.63) is 36.2 Å². The molecule has 0 spiro atoms.